The molecule has 3 aliphatic rings. The van der Waals surface area contributed by atoms with Gasteiger partial charge in [0, 0.05) is 37.8 Å². The third-order valence-electron chi connectivity index (χ3n) is 5.64. The van der Waals surface area contributed by atoms with Gasteiger partial charge in [0.2, 0.25) is 0 Å². The lowest BCUT2D eigenvalue weighted by molar-refractivity contribution is 0.0212. The predicted molar refractivity (Wildman–Crippen MR) is 86.7 cm³/mol. The second-order valence-electron chi connectivity index (χ2n) is 7.62. The third kappa shape index (κ3) is 3.98. The van der Waals surface area contributed by atoms with Crippen molar-refractivity contribution in [2.75, 3.05) is 33.2 Å². The number of fused-ring (bicyclic) bond motifs is 2. The van der Waals surface area contributed by atoms with Gasteiger partial charge in [-0.05, 0) is 45.7 Å². The Kier molecular flexibility index (Phi) is 5.20. The predicted octanol–water partition coefficient (Wildman–Crippen LogP) is 1.70. The molecule has 0 saturated carbocycles. The molecule has 1 N–H and O–H groups in total. The van der Waals surface area contributed by atoms with E-state index in [-0.39, 0.29) is 0 Å². The summed E-state index contributed by atoms with van der Waals surface area (Å²) in [5.74, 6) is 0. The third-order valence-corrected chi connectivity index (χ3v) is 5.64. The van der Waals surface area contributed by atoms with E-state index in [9.17, 15) is 0 Å². The molecule has 0 amide bonds. The van der Waals surface area contributed by atoms with Crippen molar-refractivity contribution in [2.45, 2.75) is 76.3 Å². The number of likely N-dealkylation sites (N-methyl/N-ethyl adjacent to an activating group) is 1. The fourth-order valence-corrected chi connectivity index (χ4v) is 4.26. The van der Waals surface area contributed by atoms with Gasteiger partial charge in [-0.15, -0.1) is 0 Å². The van der Waals surface area contributed by atoms with E-state index >= 15 is 0 Å². The van der Waals surface area contributed by atoms with Gasteiger partial charge in [0.15, 0.2) is 0 Å². The molecule has 0 aromatic heterocycles. The highest BCUT2D eigenvalue weighted by molar-refractivity contribution is 4.92. The number of hydrogen-bond donors (Lipinski definition) is 1. The van der Waals surface area contributed by atoms with Crippen LogP contribution in [-0.4, -0.2) is 73.4 Å². The van der Waals surface area contributed by atoms with E-state index in [0.29, 0.717) is 18.2 Å². The Morgan fingerprint density at radius 2 is 1.81 bits per heavy atom. The van der Waals surface area contributed by atoms with Crippen molar-refractivity contribution in [1.82, 2.24) is 15.1 Å². The Hall–Kier alpha value is -0.160. The molecule has 4 heteroatoms. The van der Waals surface area contributed by atoms with Crippen LogP contribution >= 0.6 is 0 Å². The lowest BCUT2D eigenvalue weighted by atomic mass is 10.1. The second-order valence-corrected chi connectivity index (χ2v) is 7.62. The highest BCUT2D eigenvalue weighted by atomic mass is 16.5. The van der Waals surface area contributed by atoms with E-state index in [1.807, 2.05) is 0 Å². The van der Waals surface area contributed by atoms with Crippen LogP contribution in [0.3, 0.4) is 0 Å². The number of nitrogens with one attached hydrogen (secondary N) is 1. The summed E-state index contributed by atoms with van der Waals surface area (Å²) in [5.41, 5.74) is 0. The van der Waals surface area contributed by atoms with Crippen LogP contribution in [0.15, 0.2) is 0 Å². The molecule has 2 bridgehead atoms. The first kappa shape index (κ1) is 15.7. The largest absolute Gasteiger partial charge is 0.372 e. The molecule has 4 unspecified atom stereocenters. The van der Waals surface area contributed by atoms with E-state index < -0.39 is 0 Å². The molecule has 122 valence electrons. The highest BCUT2D eigenvalue weighted by Gasteiger charge is 2.36. The van der Waals surface area contributed by atoms with Crippen molar-refractivity contribution in [1.29, 1.82) is 0 Å². The minimum atomic E-state index is 0.434. The zero-order valence-electron chi connectivity index (χ0n) is 14.1. The number of ether oxygens (including phenoxy) is 1. The summed E-state index contributed by atoms with van der Waals surface area (Å²) in [6, 6.07) is 2.19. The Balaban J connectivity index is 1.43. The van der Waals surface area contributed by atoms with E-state index in [1.54, 1.807) is 0 Å². The second kappa shape index (κ2) is 6.95. The summed E-state index contributed by atoms with van der Waals surface area (Å²) in [6.07, 6.45) is 7.52. The highest BCUT2D eigenvalue weighted by Crippen LogP contribution is 2.29. The van der Waals surface area contributed by atoms with Gasteiger partial charge in [0.25, 0.3) is 0 Å². The molecule has 3 aliphatic heterocycles. The van der Waals surface area contributed by atoms with Crippen LogP contribution in [0.2, 0.25) is 0 Å². The Morgan fingerprint density at radius 3 is 2.62 bits per heavy atom. The molecule has 0 aromatic carbocycles. The number of hydrogen-bond acceptors (Lipinski definition) is 4. The maximum atomic E-state index is 6.24. The van der Waals surface area contributed by atoms with Gasteiger partial charge in [0.05, 0.1) is 12.2 Å². The van der Waals surface area contributed by atoms with Crippen molar-refractivity contribution >= 4 is 0 Å². The number of nitrogens with zero attached hydrogens (tertiary/aromatic N) is 2. The van der Waals surface area contributed by atoms with Crippen LogP contribution < -0.4 is 5.32 Å². The van der Waals surface area contributed by atoms with E-state index in [1.165, 1.54) is 45.2 Å². The molecule has 0 aliphatic carbocycles. The maximum absolute atomic E-state index is 6.24. The van der Waals surface area contributed by atoms with Crippen LogP contribution in [0, 0.1) is 0 Å². The van der Waals surface area contributed by atoms with Gasteiger partial charge in [-0.3, -0.25) is 9.80 Å². The van der Waals surface area contributed by atoms with Crippen LogP contribution in [0.1, 0.15) is 46.0 Å². The average molecular weight is 295 g/mol. The molecule has 3 saturated heterocycles. The van der Waals surface area contributed by atoms with Gasteiger partial charge in [-0.25, -0.2) is 0 Å². The SMILES string of the molecule is CC(C)NCC1CCC(CN2CCC3CCC(C2)N3C)O1. The van der Waals surface area contributed by atoms with Gasteiger partial charge in [-0.2, -0.15) is 0 Å². The summed E-state index contributed by atoms with van der Waals surface area (Å²) in [6.45, 7) is 9.09. The molecular formula is C17H33N3O. The molecular weight excluding hydrogens is 262 g/mol. The normalized spacial score (nSPS) is 38.3. The van der Waals surface area contributed by atoms with Crippen LogP contribution in [0.4, 0.5) is 0 Å². The minimum absolute atomic E-state index is 0.434. The average Bonchev–Trinajstić information content (AvgIpc) is 2.96. The molecule has 3 heterocycles. The number of likely N-dealkylation sites (tertiary alicyclic amines) is 1. The topological polar surface area (TPSA) is 27.7 Å². The van der Waals surface area contributed by atoms with Gasteiger partial charge >= 0.3 is 0 Å². The first-order chi connectivity index (χ1) is 10.1. The van der Waals surface area contributed by atoms with Crippen LogP contribution in [-0.2, 0) is 4.74 Å². The molecule has 0 spiro atoms. The molecule has 4 nitrogen and oxygen atoms in total. The molecule has 0 radical (unpaired) electrons. The fraction of sp³-hybridized carbons (Fsp3) is 1.00. The maximum Gasteiger partial charge on any atom is 0.0707 e. The lowest BCUT2D eigenvalue weighted by Gasteiger charge is -2.28. The van der Waals surface area contributed by atoms with E-state index in [2.05, 4.69) is 36.0 Å². The zero-order valence-corrected chi connectivity index (χ0v) is 14.1. The van der Waals surface area contributed by atoms with Crippen molar-refractivity contribution in [3.05, 3.63) is 0 Å². The van der Waals surface area contributed by atoms with Crippen molar-refractivity contribution in [2.24, 2.45) is 0 Å². The van der Waals surface area contributed by atoms with Gasteiger partial charge < -0.3 is 10.1 Å². The monoisotopic (exact) mass is 295 g/mol. The smallest absolute Gasteiger partial charge is 0.0707 e. The lowest BCUT2D eigenvalue weighted by Crippen LogP contribution is -2.40. The molecule has 21 heavy (non-hydrogen) atoms. The van der Waals surface area contributed by atoms with Crippen molar-refractivity contribution < 1.29 is 4.74 Å². The summed E-state index contributed by atoms with van der Waals surface area (Å²) < 4.78 is 6.24. The van der Waals surface area contributed by atoms with Crippen molar-refractivity contribution in [3.63, 3.8) is 0 Å². The summed E-state index contributed by atoms with van der Waals surface area (Å²) >= 11 is 0. The molecule has 4 atom stereocenters. The summed E-state index contributed by atoms with van der Waals surface area (Å²) in [5, 5.41) is 3.50. The molecule has 0 aromatic rings. The van der Waals surface area contributed by atoms with Crippen molar-refractivity contribution in [3.8, 4) is 0 Å². The minimum Gasteiger partial charge on any atom is -0.372 e. The Morgan fingerprint density at radius 1 is 1.05 bits per heavy atom. The first-order valence-corrected chi connectivity index (χ1v) is 8.95. The summed E-state index contributed by atoms with van der Waals surface area (Å²) in [4.78, 5) is 5.30. The number of rotatable bonds is 5. The Labute approximate surface area is 130 Å². The summed E-state index contributed by atoms with van der Waals surface area (Å²) in [7, 11) is 2.32. The fourth-order valence-electron chi connectivity index (χ4n) is 4.26. The van der Waals surface area contributed by atoms with Gasteiger partial charge in [-0.1, -0.05) is 13.8 Å². The van der Waals surface area contributed by atoms with Crippen LogP contribution in [0.25, 0.3) is 0 Å². The molecule has 3 fully saturated rings. The Bertz CT molecular complexity index is 336. The van der Waals surface area contributed by atoms with Gasteiger partial charge in [0.1, 0.15) is 0 Å². The standard InChI is InChI=1S/C17H33N3O/c1-13(2)18-10-16-6-7-17(21-16)12-20-9-8-14-4-5-15(11-20)19(14)3/h13-18H,4-12H2,1-3H3. The van der Waals surface area contributed by atoms with E-state index in [0.717, 1.165) is 25.2 Å². The zero-order chi connectivity index (χ0) is 14.8. The quantitative estimate of drug-likeness (QED) is 0.835. The van der Waals surface area contributed by atoms with E-state index in [4.69, 9.17) is 4.74 Å². The molecule has 3 rings (SSSR count). The first-order valence-electron chi connectivity index (χ1n) is 8.95. The van der Waals surface area contributed by atoms with Crippen LogP contribution in [0.5, 0.6) is 0 Å².